The van der Waals surface area contributed by atoms with Crippen molar-refractivity contribution in [1.82, 2.24) is 5.32 Å². The monoisotopic (exact) mass is 323 g/mol. The first-order valence-electron chi connectivity index (χ1n) is 7.96. The Morgan fingerprint density at radius 3 is 2.09 bits per heavy atom. The Balaban J connectivity index is 3.12. The molecule has 0 aliphatic rings. The van der Waals surface area contributed by atoms with Crippen LogP contribution in [0, 0.1) is 0 Å². The highest BCUT2D eigenvalue weighted by molar-refractivity contribution is 5.73. The van der Waals surface area contributed by atoms with Crippen LogP contribution in [0.25, 0.3) is 0 Å². The van der Waals surface area contributed by atoms with Gasteiger partial charge in [0.15, 0.2) is 0 Å². The van der Waals surface area contributed by atoms with Crippen LogP contribution in [0.1, 0.15) is 51.7 Å². The zero-order valence-corrected chi connectivity index (χ0v) is 15.0. The van der Waals surface area contributed by atoms with Crippen LogP contribution >= 0.6 is 0 Å². The zero-order valence-electron chi connectivity index (χ0n) is 15.0. The van der Waals surface area contributed by atoms with Crippen molar-refractivity contribution in [1.29, 1.82) is 0 Å². The molecule has 0 spiro atoms. The van der Waals surface area contributed by atoms with Crippen LogP contribution in [-0.4, -0.2) is 31.3 Å². The molecule has 23 heavy (non-hydrogen) atoms. The third-order valence-electron chi connectivity index (χ3n) is 3.87. The van der Waals surface area contributed by atoms with Crippen LogP contribution in [0.4, 0.5) is 0 Å². The summed E-state index contributed by atoms with van der Waals surface area (Å²) >= 11 is 0. The molecule has 130 valence electrons. The van der Waals surface area contributed by atoms with Crippen molar-refractivity contribution in [2.45, 2.75) is 58.5 Å². The normalized spacial score (nSPS) is 12.8. The van der Waals surface area contributed by atoms with Gasteiger partial charge < -0.3 is 19.9 Å². The van der Waals surface area contributed by atoms with Gasteiger partial charge in [0, 0.05) is 12.1 Å². The predicted molar refractivity (Wildman–Crippen MR) is 91.4 cm³/mol. The van der Waals surface area contributed by atoms with E-state index in [1.54, 1.807) is 14.2 Å². The number of carboxylic acids is 1. The van der Waals surface area contributed by atoms with Crippen molar-refractivity contribution in [3.05, 3.63) is 23.3 Å². The lowest BCUT2D eigenvalue weighted by molar-refractivity contribution is -0.139. The molecular weight excluding hydrogens is 294 g/mol. The molecule has 5 heteroatoms. The van der Waals surface area contributed by atoms with Gasteiger partial charge in [0.1, 0.15) is 17.5 Å². The number of hydrogen-bond donors (Lipinski definition) is 2. The average Bonchev–Trinajstić information content (AvgIpc) is 2.49. The quantitative estimate of drug-likeness (QED) is 0.768. The maximum Gasteiger partial charge on any atom is 0.320 e. The van der Waals surface area contributed by atoms with Crippen LogP contribution in [0.2, 0.25) is 0 Å². The lowest BCUT2D eigenvalue weighted by atomic mass is 9.86. The van der Waals surface area contributed by atoms with Crippen molar-refractivity contribution in [2.24, 2.45) is 0 Å². The molecule has 0 aliphatic carbocycles. The number of aliphatic carboxylic acids is 1. The summed E-state index contributed by atoms with van der Waals surface area (Å²) < 4.78 is 11.0. The van der Waals surface area contributed by atoms with Crippen LogP contribution in [-0.2, 0) is 16.8 Å². The summed E-state index contributed by atoms with van der Waals surface area (Å²) in [7, 11) is 3.23. The van der Waals surface area contributed by atoms with Crippen molar-refractivity contribution in [3.8, 4) is 11.5 Å². The van der Waals surface area contributed by atoms with Crippen LogP contribution in [0.15, 0.2) is 12.1 Å². The maximum absolute atomic E-state index is 11.3. The van der Waals surface area contributed by atoms with Gasteiger partial charge in [-0.05, 0) is 29.5 Å². The van der Waals surface area contributed by atoms with Gasteiger partial charge in [0.25, 0.3) is 0 Å². The average molecular weight is 323 g/mol. The number of nitrogens with one attached hydrogen (secondary N) is 1. The first-order chi connectivity index (χ1) is 10.7. The van der Waals surface area contributed by atoms with E-state index in [0.717, 1.165) is 17.5 Å². The Morgan fingerprint density at radius 2 is 1.74 bits per heavy atom. The second-order valence-corrected chi connectivity index (χ2v) is 6.67. The minimum Gasteiger partial charge on any atom is -0.496 e. The fraction of sp³-hybridized carbons (Fsp3) is 0.611. The molecular formula is C18H29NO4. The van der Waals surface area contributed by atoms with Gasteiger partial charge >= 0.3 is 5.97 Å². The molecule has 0 fully saturated rings. The smallest absolute Gasteiger partial charge is 0.320 e. The number of carbonyl (C=O) groups is 1. The molecule has 0 radical (unpaired) electrons. The first-order valence-corrected chi connectivity index (χ1v) is 7.96. The molecule has 0 amide bonds. The van der Waals surface area contributed by atoms with Crippen LogP contribution < -0.4 is 14.8 Å². The number of ether oxygens (including phenoxy) is 2. The highest BCUT2D eigenvalue weighted by Crippen LogP contribution is 2.35. The van der Waals surface area contributed by atoms with Gasteiger partial charge in [-0.15, -0.1) is 0 Å². The predicted octanol–water partition coefficient (Wildman–Crippen LogP) is 3.34. The molecule has 1 rings (SSSR count). The van der Waals surface area contributed by atoms with E-state index in [2.05, 4.69) is 26.1 Å². The van der Waals surface area contributed by atoms with Gasteiger partial charge in [-0.2, -0.15) is 0 Å². The fourth-order valence-electron chi connectivity index (χ4n) is 2.42. The maximum atomic E-state index is 11.3. The number of benzene rings is 1. The van der Waals surface area contributed by atoms with E-state index in [9.17, 15) is 9.90 Å². The molecule has 2 N–H and O–H groups in total. The van der Waals surface area contributed by atoms with Crippen molar-refractivity contribution in [2.75, 3.05) is 14.2 Å². The summed E-state index contributed by atoms with van der Waals surface area (Å²) in [5.74, 6) is 0.584. The molecule has 1 aromatic rings. The number of methoxy groups -OCH3 is 2. The third-order valence-corrected chi connectivity index (χ3v) is 3.87. The van der Waals surface area contributed by atoms with E-state index >= 15 is 0 Å². The number of rotatable bonds is 8. The highest BCUT2D eigenvalue weighted by Gasteiger charge is 2.22. The summed E-state index contributed by atoms with van der Waals surface area (Å²) in [6.07, 6.45) is 1.39. The molecule has 0 aromatic heterocycles. The van der Waals surface area contributed by atoms with Gasteiger partial charge in [0.2, 0.25) is 0 Å². The molecule has 0 heterocycles. The Morgan fingerprint density at radius 1 is 1.22 bits per heavy atom. The first kappa shape index (κ1) is 19.3. The topological polar surface area (TPSA) is 67.8 Å². The van der Waals surface area contributed by atoms with E-state index in [-0.39, 0.29) is 5.41 Å². The number of carboxylic acid groups (broad SMARTS) is 1. The third kappa shape index (κ3) is 5.13. The van der Waals surface area contributed by atoms with Crippen LogP contribution in [0.5, 0.6) is 11.5 Å². The second-order valence-electron chi connectivity index (χ2n) is 6.67. The SMILES string of the molecule is CCCC(NCc1c(OC)cc(C(C)(C)C)cc1OC)C(=O)O. The Hall–Kier alpha value is -1.75. The van der Waals surface area contributed by atoms with Gasteiger partial charge in [-0.25, -0.2) is 0 Å². The molecule has 0 saturated heterocycles. The van der Waals surface area contributed by atoms with Gasteiger partial charge in [-0.1, -0.05) is 34.1 Å². The van der Waals surface area contributed by atoms with Gasteiger partial charge in [0.05, 0.1) is 14.2 Å². The van der Waals surface area contributed by atoms with Crippen LogP contribution in [0.3, 0.4) is 0 Å². The highest BCUT2D eigenvalue weighted by atomic mass is 16.5. The molecule has 1 aromatic carbocycles. The Kier molecular flexibility index (Phi) is 6.88. The largest absolute Gasteiger partial charge is 0.496 e. The minimum atomic E-state index is -0.837. The van der Waals surface area contributed by atoms with E-state index in [0.29, 0.717) is 24.5 Å². The lowest BCUT2D eigenvalue weighted by Crippen LogP contribution is -2.36. The molecule has 0 saturated carbocycles. The summed E-state index contributed by atoms with van der Waals surface area (Å²) in [5, 5.41) is 12.3. The fourth-order valence-corrected chi connectivity index (χ4v) is 2.42. The van der Waals surface area contributed by atoms with Crippen molar-refractivity contribution < 1.29 is 19.4 Å². The van der Waals surface area contributed by atoms with E-state index in [4.69, 9.17) is 9.47 Å². The summed E-state index contributed by atoms with van der Waals surface area (Å²) in [5.41, 5.74) is 1.92. The number of hydrogen-bond acceptors (Lipinski definition) is 4. The van der Waals surface area contributed by atoms with E-state index in [1.165, 1.54) is 0 Å². The summed E-state index contributed by atoms with van der Waals surface area (Å²) in [4.78, 5) is 11.3. The molecule has 0 bridgehead atoms. The minimum absolute atomic E-state index is 0.0294. The van der Waals surface area contributed by atoms with Gasteiger partial charge in [-0.3, -0.25) is 4.79 Å². The molecule has 0 aliphatic heterocycles. The van der Waals surface area contributed by atoms with Crippen molar-refractivity contribution in [3.63, 3.8) is 0 Å². The molecule has 1 atom stereocenters. The summed E-state index contributed by atoms with van der Waals surface area (Å²) in [6.45, 7) is 8.73. The standard InChI is InChI=1S/C18H29NO4/c1-7-8-14(17(20)21)19-11-13-15(22-5)9-12(18(2,3)4)10-16(13)23-6/h9-10,14,19H,7-8,11H2,1-6H3,(H,20,21). The lowest BCUT2D eigenvalue weighted by Gasteiger charge is -2.23. The molecule has 1 unspecified atom stereocenters. The zero-order chi connectivity index (χ0) is 17.6. The molecule has 5 nitrogen and oxygen atoms in total. The second kappa shape index (κ2) is 8.20. The summed E-state index contributed by atoms with van der Waals surface area (Å²) in [6, 6.07) is 3.42. The van der Waals surface area contributed by atoms with E-state index in [1.807, 2.05) is 19.1 Å². The van der Waals surface area contributed by atoms with E-state index < -0.39 is 12.0 Å². The Bertz CT molecular complexity index is 509. The van der Waals surface area contributed by atoms with Crippen molar-refractivity contribution >= 4 is 5.97 Å². The Labute approximate surface area is 139 Å².